The maximum Gasteiger partial charge on any atom is 0.244 e. The van der Waals surface area contributed by atoms with Gasteiger partial charge >= 0.3 is 0 Å². The van der Waals surface area contributed by atoms with Gasteiger partial charge in [-0.2, -0.15) is 0 Å². The van der Waals surface area contributed by atoms with Gasteiger partial charge in [-0.1, -0.05) is 19.4 Å². The Morgan fingerprint density at radius 3 is 2.65 bits per heavy atom. The Balaban J connectivity index is 1.73. The predicted molar refractivity (Wildman–Crippen MR) is 139 cm³/mol. The Kier molecular flexibility index (Phi) is 9.51. The number of rotatable bonds is 12. The summed E-state index contributed by atoms with van der Waals surface area (Å²) in [6.07, 6.45) is 13.2. The first-order valence-electron chi connectivity index (χ1n) is 12.1. The van der Waals surface area contributed by atoms with Gasteiger partial charge in [0.2, 0.25) is 5.91 Å². The number of hydrogen-bond donors (Lipinski definition) is 1. The molecule has 0 radical (unpaired) electrons. The van der Waals surface area contributed by atoms with Gasteiger partial charge in [0.15, 0.2) is 0 Å². The monoisotopic (exact) mass is 460 g/mol. The van der Waals surface area contributed by atoms with Crippen LogP contribution < -0.4 is 14.8 Å². The number of fused-ring (bicyclic) bond motifs is 1. The van der Waals surface area contributed by atoms with Crippen molar-refractivity contribution in [2.45, 2.75) is 58.4 Å². The molecule has 0 fully saturated rings. The number of aryl methyl sites for hydroxylation is 2. The third kappa shape index (κ3) is 6.83. The Bertz CT molecular complexity index is 1110. The van der Waals surface area contributed by atoms with Crippen LogP contribution in [0.1, 0.15) is 56.2 Å². The molecule has 1 amide bonds. The van der Waals surface area contributed by atoms with Gasteiger partial charge in [-0.05, 0) is 97.5 Å². The van der Waals surface area contributed by atoms with Crippen LogP contribution in [0.3, 0.4) is 0 Å². The Morgan fingerprint density at radius 1 is 1.09 bits per heavy atom. The second kappa shape index (κ2) is 12.8. The molecule has 5 heteroatoms. The zero-order valence-corrected chi connectivity index (χ0v) is 20.8. The molecule has 0 aliphatic carbocycles. The van der Waals surface area contributed by atoms with E-state index in [-0.39, 0.29) is 11.9 Å². The summed E-state index contributed by atoms with van der Waals surface area (Å²) >= 11 is 0. The predicted octanol–water partition coefficient (Wildman–Crippen LogP) is 6.14. The van der Waals surface area contributed by atoms with E-state index < -0.39 is 0 Å². The summed E-state index contributed by atoms with van der Waals surface area (Å²) in [5.74, 6) is 1.52. The average molecular weight is 461 g/mol. The highest BCUT2D eigenvalue weighted by Crippen LogP contribution is 2.35. The number of benzene rings is 2. The van der Waals surface area contributed by atoms with E-state index in [9.17, 15) is 4.79 Å². The lowest BCUT2D eigenvalue weighted by Gasteiger charge is -2.16. The van der Waals surface area contributed by atoms with Crippen LogP contribution in [0.5, 0.6) is 11.5 Å². The van der Waals surface area contributed by atoms with E-state index in [0.717, 1.165) is 66.4 Å². The zero-order chi connectivity index (χ0) is 24.3. The minimum absolute atomic E-state index is 0.0833. The second-order valence-electron chi connectivity index (χ2n) is 8.66. The molecule has 0 aliphatic rings. The molecule has 0 saturated heterocycles. The molecule has 1 unspecified atom stereocenters. The van der Waals surface area contributed by atoms with Crippen LogP contribution in [0.25, 0.3) is 16.8 Å². The summed E-state index contributed by atoms with van der Waals surface area (Å²) in [7, 11) is 3.36. The summed E-state index contributed by atoms with van der Waals surface area (Å²) in [6, 6.07) is 12.2. The van der Waals surface area contributed by atoms with Crippen molar-refractivity contribution in [3.63, 3.8) is 0 Å². The molecular formula is C29H36N2O3. The lowest BCUT2D eigenvalue weighted by molar-refractivity contribution is -0.117. The molecule has 2 aromatic carbocycles. The van der Waals surface area contributed by atoms with Gasteiger partial charge in [-0.3, -0.25) is 9.78 Å². The third-order valence-corrected chi connectivity index (χ3v) is 6.08. The van der Waals surface area contributed by atoms with Crippen LogP contribution in [0.4, 0.5) is 0 Å². The first-order valence-corrected chi connectivity index (χ1v) is 12.1. The second-order valence-corrected chi connectivity index (χ2v) is 8.66. The topological polar surface area (TPSA) is 60.5 Å². The normalized spacial score (nSPS) is 12.1. The van der Waals surface area contributed by atoms with Gasteiger partial charge in [0.25, 0.3) is 0 Å². The van der Waals surface area contributed by atoms with E-state index in [1.54, 1.807) is 26.5 Å². The molecule has 5 nitrogen and oxygen atoms in total. The maximum atomic E-state index is 12.6. The van der Waals surface area contributed by atoms with Gasteiger partial charge in [-0.25, -0.2) is 0 Å². The molecule has 34 heavy (non-hydrogen) atoms. The summed E-state index contributed by atoms with van der Waals surface area (Å²) in [5, 5.41) is 5.25. The van der Waals surface area contributed by atoms with Crippen molar-refractivity contribution in [1.29, 1.82) is 0 Å². The van der Waals surface area contributed by atoms with Crippen molar-refractivity contribution < 1.29 is 14.3 Å². The minimum atomic E-state index is -0.0833. The molecule has 0 spiro atoms. The third-order valence-electron chi connectivity index (χ3n) is 6.08. The number of hydrogen-bond acceptors (Lipinski definition) is 4. The van der Waals surface area contributed by atoms with Crippen LogP contribution in [-0.4, -0.2) is 31.2 Å². The minimum Gasteiger partial charge on any atom is -0.497 e. The molecule has 180 valence electrons. The van der Waals surface area contributed by atoms with E-state index in [2.05, 4.69) is 29.4 Å². The highest BCUT2D eigenvalue weighted by atomic mass is 16.5. The Labute approximate surface area is 203 Å². The highest BCUT2D eigenvalue weighted by molar-refractivity contribution is 5.97. The van der Waals surface area contributed by atoms with Crippen LogP contribution in [-0.2, 0) is 17.6 Å². The van der Waals surface area contributed by atoms with Gasteiger partial charge < -0.3 is 14.8 Å². The fraction of sp³-hybridized carbons (Fsp3) is 0.379. The summed E-state index contributed by atoms with van der Waals surface area (Å²) in [5.41, 5.74) is 3.44. The molecule has 3 rings (SSSR count). The van der Waals surface area contributed by atoms with E-state index in [4.69, 9.17) is 9.47 Å². The van der Waals surface area contributed by atoms with Crippen molar-refractivity contribution in [3.8, 4) is 11.5 Å². The fourth-order valence-electron chi connectivity index (χ4n) is 4.21. The molecule has 1 atom stereocenters. The van der Waals surface area contributed by atoms with Crippen LogP contribution >= 0.6 is 0 Å². The van der Waals surface area contributed by atoms with Crippen molar-refractivity contribution in [2.24, 2.45) is 0 Å². The molecule has 0 bridgehead atoms. The smallest absolute Gasteiger partial charge is 0.244 e. The molecule has 1 N–H and O–H groups in total. The number of amides is 1. The van der Waals surface area contributed by atoms with E-state index in [1.807, 2.05) is 43.5 Å². The lowest BCUT2D eigenvalue weighted by Crippen LogP contribution is -2.31. The van der Waals surface area contributed by atoms with Crippen LogP contribution in [0, 0.1) is 0 Å². The number of ether oxygens (including phenoxy) is 2. The molecule has 1 heterocycles. The van der Waals surface area contributed by atoms with E-state index >= 15 is 0 Å². The Hall–Kier alpha value is -3.34. The Morgan fingerprint density at radius 2 is 1.94 bits per heavy atom. The van der Waals surface area contributed by atoms with Crippen LogP contribution in [0.2, 0.25) is 0 Å². The van der Waals surface area contributed by atoms with Crippen molar-refractivity contribution in [1.82, 2.24) is 10.3 Å². The van der Waals surface area contributed by atoms with Crippen molar-refractivity contribution >= 4 is 22.8 Å². The molecule has 3 aromatic rings. The van der Waals surface area contributed by atoms with Gasteiger partial charge in [0, 0.05) is 29.9 Å². The number of unbranched alkanes of at least 4 members (excludes halogenated alkanes) is 1. The standard InChI is InChI=1S/C29H36N2O3/c1-5-6-12-25-23(18-28(34-4)26-15-14-24(33-3)19-27(25)26)13-16-29(32)31-21(2)9-7-10-22-11-8-17-30-20-22/h8,11,13-21H,5-7,9-10,12H2,1-4H3,(H,31,32)/b16-13+. The largest absolute Gasteiger partial charge is 0.497 e. The average Bonchev–Trinajstić information content (AvgIpc) is 2.86. The molecular weight excluding hydrogens is 424 g/mol. The molecule has 0 saturated carbocycles. The highest BCUT2D eigenvalue weighted by Gasteiger charge is 2.13. The number of carbonyl (C=O) groups excluding carboxylic acids is 1. The first-order chi connectivity index (χ1) is 16.5. The number of methoxy groups -OCH3 is 2. The quantitative estimate of drug-likeness (QED) is 0.330. The number of nitrogens with zero attached hydrogens (tertiary/aromatic N) is 1. The number of aromatic nitrogens is 1. The van der Waals surface area contributed by atoms with E-state index in [0.29, 0.717) is 0 Å². The number of pyridine rings is 1. The van der Waals surface area contributed by atoms with Crippen LogP contribution in [0.15, 0.2) is 54.9 Å². The molecule has 0 aliphatic heterocycles. The van der Waals surface area contributed by atoms with Gasteiger partial charge in [0.1, 0.15) is 11.5 Å². The van der Waals surface area contributed by atoms with Crippen molar-refractivity contribution in [2.75, 3.05) is 14.2 Å². The number of nitrogens with one attached hydrogen (secondary N) is 1. The summed E-state index contributed by atoms with van der Waals surface area (Å²) in [6.45, 7) is 4.23. The summed E-state index contributed by atoms with van der Waals surface area (Å²) in [4.78, 5) is 16.8. The van der Waals surface area contributed by atoms with Crippen molar-refractivity contribution in [3.05, 3.63) is 71.6 Å². The van der Waals surface area contributed by atoms with E-state index in [1.165, 1.54) is 11.1 Å². The lowest BCUT2D eigenvalue weighted by atomic mass is 9.93. The van der Waals surface area contributed by atoms with Gasteiger partial charge in [-0.15, -0.1) is 0 Å². The molecule has 1 aromatic heterocycles. The summed E-state index contributed by atoms with van der Waals surface area (Å²) < 4.78 is 11.1. The SMILES string of the molecule is CCCCc1c(/C=C/C(=O)NC(C)CCCc2cccnc2)cc(OC)c2ccc(OC)cc12. The first kappa shape index (κ1) is 25.3. The maximum absolute atomic E-state index is 12.6. The number of carbonyl (C=O) groups is 1. The zero-order valence-electron chi connectivity index (χ0n) is 20.8. The van der Waals surface area contributed by atoms with Gasteiger partial charge in [0.05, 0.1) is 14.2 Å². The fourth-order valence-corrected chi connectivity index (χ4v) is 4.21.